The van der Waals surface area contributed by atoms with Crippen molar-refractivity contribution in [2.24, 2.45) is 0 Å². The van der Waals surface area contributed by atoms with Crippen LogP contribution >= 0.6 is 11.3 Å². The molecule has 0 spiro atoms. The van der Waals surface area contributed by atoms with Gasteiger partial charge in [0.2, 0.25) is 0 Å². The van der Waals surface area contributed by atoms with Crippen LogP contribution in [0.5, 0.6) is 11.5 Å². The Morgan fingerprint density at radius 3 is 2.61 bits per heavy atom. The lowest BCUT2D eigenvalue weighted by molar-refractivity contribution is 0.102. The highest BCUT2D eigenvalue weighted by atomic mass is 32.1. The molecule has 0 bridgehead atoms. The summed E-state index contributed by atoms with van der Waals surface area (Å²) in [5.74, 6) is 1.43. The highest BCUT2D eigenvalue weighted by molar-refractivity contribution is 7.21. The molecule has 0 saturated carbocycles. The van der Waals surface area contributed by atoms with E-state index in [9.17, 15) is 4.79 Å². The van der Waals surface area contributed by atoms with Crippen LogP contribution in [0.15, 0.2) is 84.9 Å². The van der Waals surface area contributed by atoms with Crippen LogP contribution in [-0.4, -0.2) is 16.5 Å². The number of fused-ring (bicyclic) bond motifs is 2. The van der Waals surface area contributed by atoms with E-state index in [4.69, 9.17) is 14.5 Å². The van der Waals surface area contributed by atoms with Gasteiger partial charge in [0.25, 0.3) is 5.91 Å². The molecule has 6 rings (SSSR count). The van der Waals surface area contributed by atoms with Crippen molar-refractivity contribution in [3.63, 3.8) is 0 Å². The highest BCUT2D eigenvalue weighted by Crippen LogP contribution is 2.42. The third-order valence-corrected chi connectivity index (χ3v) is 7.67. The number of benzene rings is 4. The smallest absolute Gasteiger partial charge is 0.255 e. The van der Waals surface area contributed by atoms with Crippen molar-refractivity contribution in [3.8, 4) is 22.1 Å². The number of hydrogen-bond acceptors (Lipinski definition) is 5. The van der Waals surface area contributed by atoms with E-state index in [2.05, 4.69) is 50.4 Å². The largest absolute Gasteiger partial charge is 0.485 e. The fourth-order valence-corrected chi connectivity index (χ4v) is 5.74. The molecule has 5 nitrogen and oxygen atoms in total. The standard InChI is InChI=1S/C32H28N2O3S/c1-20-7-16-26-28(17-20)38-31(34-26)23-12-14-25(15-13-23)33-30(35)22-10-8-21(9-11-22)19-36-27-6-4-5-24-18-32(2,3)37-29(24)27/h4-17H,18-19H2,1-3H3,(H,33,35). The normalized spacial score (nSPS) is 13.7. The Kier molecular flexibility index (Phi) is 6.12. The van der Waals surface area contributed by atoms with E-state index >= 15 is 0 Å². The van der Waals surface area contributed by atoms with Gasteiger partial charge in [-0.25, -0.2) is 4.98 Å². The number of thiazole rings is 1. The van der Waals surface area contributed by atoms with E-state index in [1.54, 1.807) is 11.3 Å². The summed E-state index contributed by atoms with van der Waals surface area (Å²) in [6, 6.07) is 27.6. The Morgan fingerprint density at radius 2 is 1.82 bits per heavy atom. The van der Waals surface area contributed by atoms with Crippen LogP contribution in [-0.2, 0) is 13.0 Å². The number of aromatic nitrogens is 1. The Hall–Kier alpha value is -4.16. The van der Waals surface area contributed by atoms with Crippen molar-refractivity contribution in [1.29, 1.82) is 0 Å². The summed E-state index contributed by atoms with van der Waals surface area (Å²) in [7, 11) is 0. The van der Waals surface area contributed by atoms with Gasteiger partial charge in [0, 0.05) is 28.8 Å². The van der Waals surface area contributed by atoms with Gasteiger partial charge >= 0.3 is 0 Å². The lowest BCUT2D eigenvalue weighted by atomic mass is 10.0. The summed E-state index contributed by atoms with van der Waals surface area (Å²) in [5.41, 5.74) is 6.52. The molecular formula is C32H28N2O3S. The third-order valence-electron chi connectivity index (χ3n) is 6.60. The van der Waals surface area contributed by atoms with Crippen molar-refractivity contribution < 1.29 is 14.3 Å². The van der Waals surface area contributed by atoms with Crippen LogP contribution in [0.1, 0.15) is 40.9 Å². The van der Waals surface area contributed by atoms with Crippen molar-refractivity contribution in [1.82, 2.24) is 4.98 Å². The minimum Gasteiger partial charge on any atom is -0.485 e. The Balaban J connectivity index is 1.08. The molecule has 1 aliphatic heterocycles. The molecular weight excluding hydrogens is 492 g/mol. The number of hydrogen-bond donors (Lipinski definition) is 1. The summed E-state index contributed by atoms with van der Waals surface area (Å²) in [6.45, 7) is 6.65. The van der Waals surface area contributed by atoms with Crippen LogP contribution in [0, 0.1) is 6.92 Å². The van der Waals surface area contributed by atoms with Gasteiger partial charge in [0.05, 0.1) is 10.2 Å². The summed E-state index contributed by atoms with van der Waals surface area (Å²) >= 11 is 1.67. The molecule has 5 aromatic rings. The molecule has 0 aliphatic carbocycles. The minimum absolute atomic E-state index is 0.155. The molecule has 6 heteroatoms. The fraction of sp³-hybridized carbons (Fsp3) is 0.188. The van der Waals surface area contributed by atoms with Gasteiger partial charge in [0.15, 0.2) is 11.5 Å². The van der Waals surface area contributed by atoms with Crippen molar-refractivity contribution in [2.75, 3.05) is 5.32 Å². The molecule has 190 valence electrons. The van der Waals surface area contributed by atoms with Gasteiger partial charge in [-0.05, 0) is 86.5 Å². The number of carbonyl (C=O) groups is 1. The van der Waals surface area contributed by atoms with Crippen LogP contribution < -0.4 is 14.8 Å². The number of anilines is 1. The molecule has 0 radical (unpaired) electrons. The predicted octanol–water partition coefficient (Wildman–Crippen LogP) is 7.82. The number of para-hydroxylation sites is 1. The Labute approximate surface area is 226 Å². The second-order valence-electron chi connectivity index (χ2n) is 10.3. The quantitative estimate of drug-likeness (QED) is 0.248. The van der Waals surface area contributed by atoms with Crippen molar-refractivity contribution in [3.05, 3.63) is 107 Å². The molecule has 0 saturated heterocycles. The zero-order chi connectivity index (χ0) is 26.3. The van der Waals surface area contributed by atoms with E-state index in [1.807, 2.05) is 60.7 Å². The SMILES string of the molecule is Cc1ccc2nc(-c3ccc(NC(=O)c4ccc(COc5cccc6c5OC(C)(C)C6)cc4)cc3)sc2c1. The summed E-state index contributed by atoms with van der Waals surface area (Å²) in [5, 5.41) is 3.95. The first kappa shape index (κ1) is 24.2. The van der Waals surface area contributed by atoms with Crippen molar-refractivity contribution >= 4 is 33.1 Å². The molecule has 4 aromatic carbocycles. The maximum absolute atomic E-state index is 12.8. The predicted molar refractivity (Wildman–Crippen MR) is 153 cm³/mol. The fourth-order valence-electron chi connectivity index (χ4n) is 4.67. The molecule has 0 fully saturated rings. The van der Waals surface area contributed by atoms with Gasteiger partial charge in [-0.15, -0.1) is 11.3 Å². The van der Waals surface area contributed by atoms with Crippen LogP contribution in [0.4, 0.5) is 5.69 Å². The maximum Gasteiger partial charge on any atom is 0.255 e. The Bertz CT molecular complexity index is 1640. The zero-order valence-electron chi connectivity index (χ0n) is 21.6. The van der Waals surface area contributed by atoms with Crippen LogP contribution in [0.25, 0.3) is 20.8 Å². The molecule has 1 N–H and O–H groups in total. The number of carbonyl (C=O) groups excluding carboxylic acids is 1. The van der Waals surface area contributed by atoms with Crippen LogP contribution in [0.3, 0.4) is 0 Å². The van der Waals surface area contributed by atoms with Gasteiger partial charge < -0.3 is 14.8 Å². The Morgan fingerprint density at radius 1 is 1.03 bits per heavy atom. The number of nitrogens with zero attached hydrogens (tertiary/aromatic N) is 1. The average Bonchev–Trinajstić information content (AvgIpc) is 3.47. The first-order valence-electron chi connectivity index (χ1n) is 12.6. The van der Waals surface area contributed by atoms with Gasteiger partial charge in [-0.3, -0.25) is 4.79 Å². The molecule has 38 heavy (non-hydrogen) atoms. The van der Waals surface area contributed by atoms with E-state index in [0.717, 1.165) is 45.3 Å². The first-order chi connectivity index (χ1) is 18.3. The monoisotopic (exact) mass is 520 g/mol. The average molecular weight is 521 g/mol. The van der Waals surface area contributed by atoms with E-state index in [1.165, 1.54) is 15.8 Å². The summed E-state index contributed by atoms with van der Waals surface area (Å²) < 4.78 is 13.3. The number of ether oxygens (including phenoxy) is 2. The second kappa shape index (κ2) is 9.62. The van der Waals surface area contributed by atoms with Crippen molar-refractivity contribution in [2.45, 2.75) is 39.4 Å². The highest BCUT2D eigenvalue weighted by Gasteiger charge is 2.32. The summed E-state index contributed by atoms with van der Waals surface area (Å²) in [4.78, 5) is 17.6. The summed E-state index contributed by atoms with van der Waals surface area (Å²) in [6.07, 6.45) is 0.869. The number of rotatable bonds is 6. The minimum atomic E-state index is -0.216. The topological polar surface area (TPSA) is 60.5 Å². The maximum atomic E-state index is 12.8. The molecule has 2 heterocycles. The number of nitrogens with one attached hydrogen (secondary N) is 1. The molecule has 1 amide bonds. The van der Waals surface area contributed by atoms with Gasteiger partial charge in [-0.2, -0.15) is 0 Å². The lowest BCUT2D eigenvalue weighted by Crippen LogP contribution is -2.24. The second-order valence-corrected chi connectivity index (χ2v) is 11.3. The molecule has 1 aromatic heterocycles. The van der Waals surface area contributed by atoms with E-state index < -0.39 is 0 Å². The first-order valence-corrected chi connectivity index (χ1v) is 13.5. The third kappa shape index (κ3) is 5.00. The number of aryl methyl sites for hydroxylation is 1. The number of amides is 1. The molecule has 0 atom stereocenters. The van der Waals surface area contributed by atoms with Gasteiger partial charge in [0.1, 0.15) is 17.2 Å². The molecule has 1 aliphatic rings. The lowest BCUT2D eigenvalue weighted by Gasteiger charge is -2.18. The molecule has 0 unspecified atom stereocenters. The van der Waals surface area contributed by atoms with E-state index in [-0.39, 0.29) is 11.5 Å². The zero-order valence-corrected chi connectivity index (χ0v) is 22.4. The van der Waals surface area contributed by atoms with Crippen LogP contribution in [0.2, 0.25) is 0 Å². The van der Waals surface area contributed by atoms with Gasteiger partial charge in [-0.1, -0.05) is 30.3 Å². The van der Waals surface area contributed by atoms with E-state index in [0.29, 0.717) is 12.2 Å².